The van der Waals surface area contributed by atoms with E-state index in [1.165, 1.54) is 0 Å². The summed E-state index contributed by atoms with van der Waals surface area (Å²) in [6.45, 7) is 6.99. The van der Waals surface area contributed by atoms with Crippen LogP contribution < -0.4 is 5.73 Å². The summed E-state index contributed by atoms with van der Waals surface area (Å²) in [6.07, 6.45) is 1.26. The van der Waals surface area contributed by atoms with Gasteiger partial charge in [-0.05, 0) is 13.0 Å². The summed E-state index contributed by atoms with van der Waals surface area (Å²) in [5.41, 5.74) is 5.38. The third kappa shape index (κ3) is 4.00. The number of hydrogen-bond donors (Lipinski definition) is 1. The first-order valence-electron chi connectivity index (χ1n) is 6.33. The van der Waals surface area contributed by atoms with Crippen LogP contribution in [0.15, 0.2) is 0 Å². The smallest absolute Gasteiger partial charge is 0.225 e. The van der Waals surface area contributed by atoms with E-state index in [0.717, 1.165) is 6.42 Å². The molecule has 5 heteroatoms. The molecule has 0 saturated carbocycles. The lowest BCUT2D eigenvalue weighted by Crippen LogP contribution is -2.51. The van der Waals surface area contributed by atoms with Crippen LogP contribution in [0.3, 0.4) is 0 Å². The van der Waals surface area contributed by atoms with Crippen molar-refractivity contribution in [2.45, 2.75) is 26.7 Å². The van der Waals surface area contributed by atoms with Crippen LogP contribution >= 0.6 is 0 Å². The average molecular weight is 241 g/mol. The summed E-state index contributed by atoms with van der Waals surface area (Å²) < 4.78 is 0. The van der Waals surface area contributed by atoms with E-state index >= 15 is 0 Å². The van der Waals surface area contributed by atoms with Crippen molar-refractivity contribution >= 4 is 11.8 Å². The molecule has 0 aromatic heterocycles. The van der Waals surface area contributed by atoms with Gasteiger partial charge in [0.15, 0.2) is 0 Å². The normalized spacial score (nSPS) is 16.5. The van der Waals surface area contributed by atoms with Crippen molar-refractivity contribution in [3.63, 3.8) is 0 Å². The molecule has 0 aromatic rings. The predicted octanol–water partition coefficient (Wildman–Crippen LogP) is 0.0521. The molecule has 2 amide bonds. The van der Waals surface area contributed by atoms with Gasteiger partial charge in [-0.15, -0.1) is 0 Å². The number of carbonyl (C=O) groups is 2. The molecule has 0 spiro atoms. The number of amides is 2. The van der Waals surface area contributed by atoms with Gasteiger partial charge >= 0.3 is 0 Å². The Morgan fingerprint density at radius 1 is 1.12 bits per heavy atom. The van der Waals surface area contributed by atoms with Crippen molar-refractivity contribution in [2.75, 3.05) is 32.7 Å². The van der Waals surface area contributed by atoms with Crippen LogP contribution in [0.2, 0.25) is 0 Å². The summed E-state index contributed by atoms with van der Waals surface area (Å²) in [5, 5.41) is 0. The van der Waals surface area contributed by atoms with Crippen molar-refractivity contribution in [3.05, 3.63) is 0 Å². The van der Waals surface area contributed by atoms with Crippen LogP contribution in [0.25, 0.3) is 0 Å². The highest BCUT2D eigenvalue weighted by Crippen LogP contribution is 2.08. The molecule has 0 aliphatic carbocycles. The fourth-order valence-electron chi connectivity index (χ4n) is 1.95. The Morgan fingerprint density at radius 3 is 2.12 bits per heavy atom. The highest BCUT2D eigenvalue weighted by molar-refractivity contribution is 5.79. The number of nitrogens with zero attached hydrogens (tertiary/aromatic N) is 2. The minimum Gasteiger partial charge on any atom is -0.339 e. The predicted molar refractivity (Wildman–Crippen MR) is 66.3 cm³/mol. The Hall–Kier alpha value is -1.10. The van der Waals surface area contributed by atoms with Crippen molar-refractivity contribution in [1.82, 2.24) is 9.80 Å². The van der Waals surface area contributed by atoms with Gasteiger partial charge in [0, 0.05) is 38.5 Å². The molecule has 1 fully saturated rings. The highest BCUT2D eigenvalue weighted by Gasteiger charge is 2.24. The van der Waals surface area contributed by atoms with E-state index in [1.807, 2.05) is 23.6 Å². The van der Waals surface area contributed by atoms with Crippen molar-refractivity contribution in [2.24, 2.45) is 11.7 Å². The zero-order chi connectivity index (χ0) is 12.8. The number of carbonyl (C=O) groups excluding carboxylic acids is 2. The van der Waals surface area contributed by atoms with E-state index in [1.54, 1.807) is 0 Å². The molecule has 1 aliphatic rings. The first-order valence-corrected chi connectivity index (χ1v) is 6.33. The second-order valence-corrected chi connectivity index (χ2v) is 4.75. The molecule has 1 heterocycles. The molecule has 1 saturated heterocycles. The van der Waals surface area contributed by atoms with Gasteiger partial charge < -0.3 is 15.5 Å². The molecular weight excluding hydrogens is 218 g/mol. The molecule has 0 unspecified atom stereocenters. The Kier molecular flexibility index (Phi) is 5.41. The maximum atomic E-state index is 11.8. The summed E-state index contributed by atoms with van der Waals surface area (Å²) in [7, 11) is 0. The molecule has 0 aromatic carbocycles. The second kappa shape index (κ2) is 6.59. The fraction of sp³-hybridized carbons (Fsp3) is 0.833. The molecule has 0 radical (unpaired) electrons. The van der Waals surface area contributed by atoms with E-state index in [-0.39, 0.29) is 17.7 Å². The largest absolute Gasteiger partial charge is 0.339 e. The lowest BCUT2D eigenvalue weighted by Gasteiger charge is -2.35. The second-order valence-electron chi connectivity index (χ2n) is 4.75. The molecule has 98 valence electrons. The number of rotatable bonds is 4. The molecule has 1 aliphatic heterocycles. The van der Waals surface area contributed by atoms with Gasteiger partial charge in [0.25, 0.3) is 0 Å². The number of nitrogens with two attached hydrogens (primary N) is 1. The fourth-order valence-corrected chi connectivity index (χ4v) is 1.95. The van der Waals surface area contributed by atoms with Crippen LogP contribution in [0.4, 0.5) is 0 Å². The third-order valence-electron chi connectivity index (χ3n) is 3.03. The van der Waals surface area contributed by atoms with Gasteiger partial charge in [-0.3, -0.25) is 9.59 Å². The van der Waals surface area contributed by atoms with Gasteiger partial charge in [0.2, 0.25) is 11.8 Å². The summed E-state index contributed by atoms with van der Waals surface area (Å²) in [5.74, 6) is 0.376. The zero-order valence-corrected chi connectivity index (χ0v) is 10.8. The summed E-state index contributed by atoms with van der Waals surface area (Å²) >= 11 is 0. The van der Waals surface area contributed by atoms with Crippen LogP contribution in [-0.4, -0.2) is 54.3 Å². The summed E-state index contributed by atoms with van der Waals surface area (Å²) in [6, 6.07) is 0. The number of piperazine rings is 1. The first kappa shape index (κ1) is 14.0. The Labute approximate surface area is 103 Å². The quantitative estimate of drug-likeness (QED) is 0.756. The van der Waals surface area contributed by atoms with Crippen molar-refractivity contribution < 1.29 is 9.59 Å². The molecule has 5 nitrogen and oxygen atoms in total. The van der Waals surface area contributed by atoms with Crippen LogP contribution in [0, 0.1) is 5.92 Å². The van der Waals surface area contributed by atoms with Crippen LogP contribution in [-0.2, 0) is 9.59 Å². The zero-order valence-electron chi connectivity index (χ0n) is 10.8. The van der Waals surface area contributed by atoms with Crippen LogP contribution in [0.5, 0.6) is 0 Å². The first-order chi connectivity index (χ1) is 8.06. The van der Waals surface area contributed by atoms with E-state index < -0.39 is 0 Å². The standard InChI is InChI=1S/C12H23N3O2/c1-10(2)12(17)15-8-6-14(7-9-15)11(16)4-3-5-13/h10H,3-9,13H2,1-2H3. The Bertz CT molecular complexity index is 271. The Balaban J connectivity index is 2.35. The minimum absolute atomic E-state index is 0.0366. The van der Waals surface area contributed by atoms with Gasteiger partial charge in [0.05, 0.1) is 0 Å². The van der Waals surface area contributed by atoms with Gasteiger partial charge in [0.1, 0.15) is 0 Å². The molecule has 0 atom stereocenters. The molecular formula is C12H23N3O2. The van der Waals surface area contributed by atoms with E-state index in [2.05, 4.69) is 0 Å². The third-order valence-corrected chi connectivity index (χ3v) is 3.03. The monoisotopic (exact) mass is 241 g/mol. The lowest BCUT2D eigenvalue weighted by molar-refractivity contribution is -0.141. The van der Waals surface area contributed by atoms with Crippen molar-refractivity contribution in [3.8, 4) is 0 Å². The van der Waals surface area contributed by atoms with E-state index in [9.17, 15) is 9.59 Å². The maximum Gasteiger partial charge on any atom is 0.225 e. The topological polar surface area (TPSA) is 66.6 Å². The van der Waals surface area contributed by atoms with Crippen LogP contribution in [0.1, 0.15) is 26.7 Å². The molecule has 1 rings (SSSR count). The lowest BCUT2D eigenvalue weighted by atomic mass is 10.1. The van der Waals surface area contributed by atoms with Gasteiger partial charge in [-0.2, -0.15) is 0 Å². The average Bonchev–Trinajstić information content (AvgIpc) is 2.35. The Morgan fingerprint density at radius 2 is 1.65 bits per heavy atom. The molecule has 17 heavy (non-hydrogen) atoms. The van der Waals surface area contributed by atoms with E-state index in [0.29, 0.717) is 39.1 Å². The highest BCUT2D eigenvalue weighted by atomic mass is 16.2. The molecule has 2 N–H and O–H groups in total. The van der Waals surface area contributed by atoms with Gasteiger partial charge in [-0.25, -0.2) is 0 Å². The van der Waals surface area contributed by atoms with Gasteiger partial charge in [-0.1, -0.05) is 13.8 Å². The SMILES string of the molecule is CC(C)C(=O)N1CCN(C(=O)CCCN)CC1. The van der Waals surface area contributed by atoms with Crippen molar-refractivity contribution in [1.29, 1.82) is 0 Å². The number of hydrogen-bond acceptors (Lipinski definition) is 3. The summed E-state index contributed by atoms with van der Waals surface area (Å²) in [4.78, 5) is 27.2. The molecule has 0 bridgehead atoms. The maximum absolute atomic E-state index is 11.8. The minimum atomic E-state index is 0.0366. The van der Waals surface area contributed by atoms with E-state index in [4.69, 9.17) is 5.73 Å².